The maximum absolute atomic E-state index is 4.57. The molecule has 0 amide bonds. The van der Waals surface area contributed by atoms with Crippen LogP contribution >= 0.6 is 0 Å². The Labute approximate surface area is 149 Å². The van der Waals surface area contributed by atoms with Crippen molar-refractivity contribution in [2.45, 2.75) is 37.8 Å². The van der Waals surface area contributed by atoms with Crippen LogP contribution in [0.4, 0.5) is 0 Å². The average Bonchev–Trinajstić information content (AvgIpc) is 3.21. The second-order valence-corrected chi connectivity index (χ2v) is 7.34. The van der Waals surface area contributed by atoms with Crippen LogP contribution < -0.4 is 5.32 Å². The van der Waals surface area contributed by atoms with Crippen LogP contribution in [0, 0.1) is 5.92 Å². The van der Waals surface area contributed by atoms with Gasteiger partial charge >= 0.3 is 0 Å². The number of aromatic nitrogens is 2. The summed E-state index contributed by atoms with van der Waals surface area (Å²) in [4.78, 5) is 11.2. The highest BCUT2D eigenvalue weighted by atomic mass is 15.3. The largest absolute Gasteiger partial charge is 0.353 e. The van der Waals surface area contributed by atoms with E-state index in [4.69, 9.17) is 0 Å². The van der Waals surface area contributed by atoms with E-state index in [1.165, 1.54) is 18.4 Å². The zero-order valence-electron chi connectivity index (χ0n) is 15.0. The number of guanidine groups is 1. The normalized spacial score (nSPS) is 29.5. The Morgan fingerprint density at radius 1 is 1.28 bits per heavy atom. The minimum atomic E-state index is 0.457. The molecule has 1 aliphatic heterocycles. The molecule has 2 fully saturated rings. The Kier molecular flexibility index (Phi) is 4.47. The van der Waals surface area contributed by atoms with Crippen molar-refractivity contribution in [3.63, 3.8) is 0 Å². The van der Waals surface area contributed by atoms with E-state index in [1.807, 2.05) is 19.6 Å². The van der Waals surface area contributed by atoms with Crippen LogP contribution in [0.5, 0.6) is 0 Å². The van der Waals surface area contributed by atoms with Crippen molar-refractivity contribution in [2.75, 3.05) is 20.1 Å². The monoisotopic (exact) mass is 337 g/mol. The van der Waals surface area contributed by atoms with Crippen LogP contribution in [-0.4, -0.2) is 46.6 Å². The minimum absolute atomic E-state index is 0.457. The summed E-state index contributed by atoms with van der Waals surface area (Å²) in [6.45, 7) is 4.39. The third-order valence-corrected chi connectivity index (χ3v) is 5.67. The van der Waals surface area contributed by atoms with Crippen LogP contribution in [-0.2, 0) is 0 Å². The summed E-state index contributed by atoms with van der Waals surface area (Å²) in [6, 6.07) is 11.8. The number of rotatable bonds is 3. The summed E-state index contributed by atoms with van der Waals surface area (Å²) < 4.78 is 2.24. The fourth-order valence-electron chi connectivity index (χ4n) is 3.98. The van der Waals surface area contributed by atoms with Crippen LogP contribution in [0.15, 0.2) is 54.0 Å². The Hall–Kier alpha value is -2.30. The molecular weight excluding hydrogens is 310 g/mol. The third kappa shape index (κ3) is 3.41. The molecule has 0 radical (unpaired) electrons. The van der Waals surface area contributed by atoms with Crippen molar-refractivity contribution in [2.24, 2.45) is 10.9 Å². The van der Waals surface area contributed by atoms with Crippen molar-refractivity contribution in [3.8, 4) is 0 Å². The van der Waals surface area contributed by atoms with Gasteiger partial charge in [0.25, 0.3) is 0 Å². The van der Waals surface area contributed by atoms with E-state index in [2.05, 4.69) is 68.2 Å². The fraction of sp³-hybridized carbons (Fsp3) is 0.500. The number of piperidine rings is 1. The van der Waals surface area contributed by atoms with Crippen LogP contribution in [0.2, 0.25) is 0 Å². The summed E-state index contributed by atoms with van der Waals surface area (Å²) in [5, 5.41) is 3.69. The topological polar surface area (TPSA) is 45.5 Å². The molecule has 1 saturated heterocycles. The quantitative estimate of drug-likeness (QED) is 0.692. The van der Waals surface area contributed by atoms with Crippen LogP contribution in [0.25, 0.3) is 0 Å². The van der Waals surface area contributed by atoms with E-state index < -0.39 is 0 Å². The first-order valence-corrected chi connectivity index (χ1v) is 9.27. The molecule has 5 nitrogen and oxygen atoms in total. The lowest BCUT2D eigenvalue weighted by Gasteiger charge is -2.39. The molecule has 1 aliphatic carbocycles. The first-order valence-electron chi connectivity index (χ1n) is 9.27. The predicted molar refractivity (Wildman–Crippen MR) is 101 cm³/mol. The molecule has 2 aliphatic rings. The first-order chi connectivity index (χ1) is 12.3. The lowest BCUT2D eigenvalue weighted by molar-refractivity contribution is 0.189. The zero-order valence-corrected chi connectivity index (χ0v) is 15.0. The minimum Gasteiger partial charge on any atom is -0.353 e. The van der Waals surface area contributed by atoms with E-state index in [9.17, 15) is 0 Å². The van der Waals surface area contributed by atoms with Gasteiger partial charge in [0, 0.05) is 44.5 Å². The molecule has 0 bridgehead atoms. The molecule has 2 heterocycles. The molecular formula is C20H27N5. The van der Waals surface area contributed by atoms with Crippen molar-refractivity contribution in [1.82, 2.24) is 19.8 Å². The van der Waals surface area contributed by atoms with Crippen LogP contribution in [0.3, 0.4) is 0 Å². The fourth-order valence-corrected chi connectivity index (χ4v) is 3.98. The molecule has 1 aromatic heterocycles. The number of hydrogen-bond donors (Lipinski definition) is 1. The molecule has 1 saturated carbocycles. The molecule has 4 unspecified atom stereocenters. The summed E-state index contributed by atoms with van der Waals surface area (Å²) >= 11 is 0. The lowest BCUT2D eigenvalue weighted by atomic mass is 9.93. The predicted octanol–water partition coefficient (Wildman–Crippen LogP) is 2.90. The van der Waals surface area contributed by atoms with Gasteiger partial charge in [-0.2, -0.15) is 0 Å². The molecule has 0 spiro atoms. The maximum Gasteiger partial charge on any atom is 0.193 e. The standard InChI is InChI=1S/C20H27N5/c1-15-8-10-24(13-19(15)25-11-9-22-14-25)20(21-2)23-18-12-17(18)16-6-4-3-5-7-16/h3-7,9,11,14-15,17-19H,8,10,12-13H2,1-2H3,(H,21,23). The van der Waals surface area contributed by atoms with Gasteiger partial charge in [0.15, 0.2) is 5.96 Å². The SMILES string of the molecule is CN=C(NC1CC1c1ccccc1)N1CCC(C)C(n2ccnc2)C1. The number of imidazole rings is 1. The van der Waals surface area contributed by atoms with Crippen molar-refractivity contribution in [1.29, 1.82) is 0 Å². The molecule has 1 aromatic carbocycles. The van der Waals surface area contributed by atoms with Gasteiger partial charge < -0.3 is 14.8 Å². The molecule has 132 valence electrons. The summed E-state index contributed by atoms with van der Waals surface area (Å²) in [5.41, 5.74) is 1.43. The summed E-state index contributed by atoms with van der Waals surface area (Å²) in [5.74, 6) is 2.31. The second-order valence-electron chi connectivity index (χ2n) is 7.34. The highest BCUT2D eigenvalue weighted by Gasteiger charge is 2.40. The van der Waals surface area contributed by atoms with Gasteiger partial charge in [0.1, 0.15) is 0 Å². The molecule has 4 rings (SSSR count). The molecule has 2 aromatic rings. The zero-order chi connectivity index (χ0) is 17.2. The lowest BCUT2D eigenvalue weighted by Crippen LogP contribution is -2.49. The highest BCUT2D eigenvalue weighted by molar-refractivity contribution is 5.81. The van der Waals surface area contributed by atoms with Gasteiger partial charge in [-0.25, -0.2) is 4.98 Å². The van der Waals surface area contributed by atoms with Gasteiger partial charge in [0.05, 0.1) is 12.4 Å². The van der Waals surface area contributed by atoms with E-state index in [1.54, 1.807) is 0 Å². The van der Waals surface area contributed by atoms with E-state index >= 15 is 0 Å². The van der Waals surface area contributed by atoms with Gasteiger partial charge in [-0.1, -0.05) is 37.3 Å². The Morgan fingerprint density at radius 2 is 2.12 bits per heavy atom. The number of benzene rings is 1. The number of likely N-dealkylation sites (tertiary alicyclic amines) is 1. The van der Waals surface area contributed by atoms with Gasteiger partial charge in [-0.15, -0.1) is 0 Å². The van der Waals surface area contributed by atoms with Crippen LogP contribution in [0.1, 0.15) is 37.3 Å². The number of nitrogens with one attached hydrogen (secondary N) is 1. The Morgan fingerprint density at radius 3 is 2.84 bits per heavy atom. The smallest absolute Gasteiger partial charge is 0.193 e. The Bertz CT molecular complexity index is 709. The summed E-state index contributed by atoms with van der Waals surface area (Å²) in [6.07, 6.45) is 8.25. The summed E-state index contributed by atoms with van der Waals surface area (Å²) in [7, 11) is 1.90. The number of nitrogens with zero attached hydrogens (tertiary/aromatic N) is 4. The van der Waals surface area contributed by atoms with Crippen molar-refractivity contribution >= 4 is 5.96 Å². The first kappa shape index (κ1) is 16.2. The van der Waals surface area contributed by atoms with Gasteiger partial charge in [-0.3, -0.25) is 4.99 Å². The van der Waals surface area contributed by atoms with E-state index in [-0.39, 0.29) is 0 Å². The van der Waals surface area contributed by atoms with Gasteiger partial charge in [0.2, 0.25) is 0 Å². The van der Waals surface area contributed by atoms with E-state index in [0.29, 0.717) is 23.9 Å². The van der Waals surface area contributed by atoms with Crippen molar-refractivity contribution in [3.05, 3.63) is 54.6 Å². The molecule has 4 atom stereocenters. The average molecular weight is 337 g/mol. The number of aliphatic imine (C=N–C) groups is 1. The second kappa shape index (κ2) is 6.90. The molecule has 1 N–H and O–H groups in total. The molecule has 25 heavy (non-hydrogen) atoms. The van der Waals surface area contributed by atoms with Crippen molar-refractivity contribution < 1.29 is 0 Å². The molecule has 5 heteroatoms. The third-order valence-electron chi connectivity index (χ3n) is 5.67. The van der Waals surface area contributed by atoms with Gasteiger partial charge in [-0.05, 0) is 24.3 Å². The van der Waals surface area contributed by atoms with E-state index in [0.717, 1.165) is 19.0 Å². The Balaban J connectivity index is 1.40. The number of hydrogen-bond acceptors (Lipinski definition) is 2. The highest BCUT2D eigenvalue weighted by Crippen LogP contribution is 2.40. The maximum atomic E-state index is 4.57.